The zero-order chi connectivity index (χ0) is 32.5. The minimum Gasteiger partial charge on any atom is -0.494 e. The summed E-state index contributed by atoms with van der Waals surface area (Å²) in [7, 11) is 0. The summed E-state index contributed by atoms with van der Waals surface area (Å²) in [6.07, 6.45) is 5.99. The van der Waals surface area contributed by atoms with Crippen molar-refractivity contribution in [1.82, 2.24) is 0 Å². The van der Waals surface area contributed by atoms with Gasteiger partial charge in [-0.15, -0.1) is 0 Å². The van der Waals surface area contributed by atoms with Crippen LogP contribution >= 0.6 is 0 Å². The van der Waals surface area contributed by atoms with E-state index in [4.69, 9.17) is 14.2 Å². The van der Waals surface area contributed by atoms with Crippen LogP contribution in [0.1, 0.15) is 57.6 Å². The van der Waals surface area contributed by atoms with Gasteiger partial charge in [-0.05, 0) is 131 Å². The van der Waals surface area contributed by atoms with Crippen LogP contribution in [-0.2, 0) is 16.0 Å². The molecule has 0 aromatic heterocycles. The number of aryl methyl sites for hydroxylation is 1. The lowest BCUT2D eigenvalue weighted by molar-refractivity contribution is -0.137. The number of ether oxygens (including phenoxy) is 3. The molecule has 0 fully saturated rings. The van der Waals surface area contributed by atoms with Gasteiger partial charge in [-0.25, -0.2) is 4.79 Å². The number of hydrogen-bond donors (Lipinski definition) is 0. The summed E-state index contributed by atoms with van der Waals surface area (Å²) in [5.41, 5.74) is 8.28. The lowest BCUT2D eigenvalue weighted by Gasteiger charge is -2.20. The van der Waals surface area contributed by atoms with Crippen molar-refractivity contribution in [2.24, 2.45) is 0 Å². The van der Waals surface area contributed by atoms with Gasteiger partial charge in [-0.2, -0.15) is 0 Å². The molecular weight excluding hydrogens is 568 g/mol. The highest BCUT2D eigenvalue weighted by atomic mass is 16.5. The second-order valence-electron chi connectivity index (χ2n) is 11.4. The number of hydrogen-bond acceptors (Lipinski definition) is 4. The average molecular weight is 613 g/mol. The maximum absolute atomic E-state index is 11.3. The summed E-state index contributed by atoms with van der Waals surface area (Å²) in [6, 6.07) is 30.7. The quantitative estimate of drug-likeness (QED) is 0.0511. The maximum Gasteiger partial charge on any atom is 0.330 e. The smallest absolute Gasteiger partial charge is 0.330 e. The molecule has 0 aliphatic heterocycles. The van der Waals surface area contributed by atoms with E-state index < -0.39 is 0 Å². The Morgan fingerprint density at radius 2 is 1.22 bits per heavy atom. The molecule has 0 unspecified atom stereocenters. The van der Waals surface area contributed by atoms with E-state index in [9.17, 15) is 4.79 Å². The Balaban J connectivity index is 1.59. The van der Waals surface area contributed by atoms with Gasteiger partial charge in [0.25, 0.3) is 0 Å². The standard InChI is InChI=1S/C42H44O4/c1-6-29(5)31-18-20-33(21-19-31)42-37-25-23-34(44-8-3)27-38(37)41(36-24-22-35(45-9-4)28-39(36)42)32-16-14-30(15-17-32)13-11-10-12-26-46-40(43)7-2/h7,14-25,27-28H,2,5-6,8-13,26H2,1,3-4H3. The van der Waals surface area contributed by atoms with Crippen LogP contribution in [0, 0.1) is 0 Å². The fourth-order valence-electron chi connectivity index (χ4n) is 6.08. The number of carbonyl (C=O) groups excluding carboxylic acids is 1. The molecule has 0 heterocycles. The number of allylic oxidation sites excluding steroid dienone is 1. The summed E-state index contributed by atoms with van der Waals surface area (Å²) in [4.78, 5) is 11.3. The number of unbranched alkanes of at least 4 members (excludes halogenated alkanes) is 2. The number of fused-ring (bicyclic) bond motifs is 2. The fraction of sp³-hybridized carbons (Fsp3) is 0.262. The van der Waals surface area contributed by atoms with Gasteiger partial charge in [0.15, 0.2) is 0 Å². The molecule has 0 saturated heterocycles. The van der Waals surface area contributed by atoms with Gasteiger partial charge >= 0.3 is 5.97 Å². The zero-order valence-corrected chi connectivity index (χ0v) is 27.4. The Morgan fingerprint density at radius 1 is 0.674 bits per heavy atom. The monoisotopic (exact) mass is 612 g/mol. The predicted octanol–water partition coefficient (Wildman–Crippen LogP) is 11.0. The highest BCUT2D eigenvalue weighted by molar-refractivity contribution is 6.21. The summed E-state index contributed by atoms with van der Waals surface area (Å²) in [5, 5.41) is 4.65. The van der Waals surface area contributed by atoms with Crippen LogP contribution in [0.25, 0.3) is 49.4 Å². The third-order valence-corrected chi connectivity index (χ3v) is 8.45. The molecular formula is C42H44O4. The van der Waals surface area contributed by atoms with E-state index >= 15 is 0 Å². The molecule has 236 valence electrons. The van der Waals surface area contributed by atoms with Gasteiger partial charge in [0, 0.05) is 6.08 Å². The van der Waals surface area contributed by atoms with Crippen molar-refractivity contribution in [3.05, 3.63) is 115 Å². The first-order chi connectivity index (χ1) is 22.5. The highest BCUT2D eigenvalue weighted by Gasteiger charge is 2.19. The lowest BCUT2D eigenvalue weighted by atomic mass is 9.85. The second-order valence-corrected chi connectivity index (χ2v) is 11.4. The summed E-state index contributed by atoms with van der Waals surface area (Å²) in [5.74, 6) is 1.36. The van der Waals surface area contributed by atoms with Crippen LogP contribution in [0.3, 0.4) is 0 Å². The molecule has 4 nitrogen and oxygen atoms in total. The van der Waals surface area contributed by atoms with Crippen LogP contribution in [0.15, 0.2) is 104 Å². The molecule has 0 amide bonds. The van der Waals surface area contributed by atoms with E-state index in [-0.39, 0.29) is 5.97 Å². The first kappa shape index (κ1) is 32.6. The number of carbonyl (C=O) groups is 1. The van der Waals surface area contributed by atoms with Crippen molar-refractivity contribution in [2.45, 2.75) is 52.9 Å². The van der Waals surface area contributed by atoms with Crippen LogP contribution < -0.4 is 9.47 Å². The first-order valence-electron chi connectivity index (χ1n) is 16.4. The van der Waals surface area contributed by atoms with Crippen molar-refractivity contribution in [3.63, 3.8) is 0 Å². The van der Waals surface area contributed by atoms with E-state index in [1.54, 1.807) is 0 Å². The van der Waals surface area contributed by atoms with Gasteiger partial charge in [-0.1, -0.05) is 80.7 Å². The van der Waals surface area contributed by atoms with Crippen molar-refractivity contribution in [1.29, 1.82) is 0 Å². The molecule has 0 bridgehead atoms. The fourth-order valence-corrected chi connectivity index (χ4v) is 6.08. The van der Waals surface area contributed by atoms with E-state index in [0.717, 1.165) is 71.1 Å². The number of esters is 1. The summed E-state index contributed by atoms with van der Waals surface area (Å²) < 4.78 is 17.1. The zero-order valence-electron chi connectivity index (χ0n) is 27.4. The third kappa shape index (κ3) is 7.34. The van der Waals surface area contributed by atoms with Gasteiger partial charge < -0.3 is 14.2 Å². The van der Waals surface area contributed by atoms with Gasteiger partial charge in [-0.3, -0.25) is 0 Å². The predicted molar refractivity (Wildman–Crippen MR) is 193 cm³/mol. The average Bonchev–Trinajstić information content (AvgIpc) is 3.09. The molecule has 4 heteroatoms. The minimum absolute atomic E-state index is 0.359. The van der Waals surface area contributed by atoms with Gasteiger partial charge in [0.05, 0.1) is 19.8 Å². The van der Waals surface area contributed by atoms with Crippen molar-refractivity contribution in [3.8, 4) is 33.8 Å². The van der Waals surface area contributed by atoms with E-state index in [1.807, 2.05) is 13.8 Å². The Labute approximate surface area is 273 Å². The Bertz CT molecular complexity index is 1830. The normalized spacial score (nSPS) is 11.0. The second kappa shape index (κ2) is 15.4. The van der Waals surface area contributed by atoms with Crippen LogP contribution in [0.4, 0.5) is 0 Å². The minimum atomic E-state index is -0.359. The maximum atomic E-state index is 11.3. The molecule has 0 N–H and O–H groups in total. The highest BCUT2D eigenvalue weighted by Crippen LogP contribution is 2.46. The van der Waals surface area contributed by atoms with Crippen molar-refractivity contribution >= 4 is 33.1 Å². The largest absolute Gasteiger partial charge is 0.494 e. The lowest BCUT2D eigenvalue weighted by Crippen LogP contribution is -2.01. The Kier molecular flexibility index (Phi) is 10.9. The van der Waals surface area contributed by atoms with Crippen LogP contribution in [-0.4, -0.2) is 25.8 Å². The molecule has 5 rings (SSSR count). The molecule has 0 radical (unpaired) electrons. The Morgan fingerprint density at radius 3 is 1.72 bits per heavy atom. The molecule has 0 aliphatic carbocycles. The molecule has 0 aliphatic rings. The van der Waals surface area contributed by atoms with Crippen LogP contribution in [0.2, 0.25) is 0 Å². The van der Waals surface area contributed by atoms with Gasteiger partial charge in [0.2, 0.25) is 0 Å². The molecule has 0 saturated carbocycles. The summed E-state index contributed by atoms with van der Waals surface area (Å²) >= 11 is 0. The number of benzene rings is 5. The molecule has 0 atom stereocenters. The molecule has 0 spiro atoms. The molecule has 46 heavy (non-hydrogen) atoms. The first-order valence-corrected chi connectivity index (χ1v) is 16.4. The van der Waals surface area contributed by atoms with Gasteiger partial charge in [0.1, 0.15) is 11.5 Å². The molecule has 5 aromatic rings. The van der Waals surface area contributed by atoms with E-state index in [2.05, 4.69) is 105 Å². The van der Waals surface area contributed by atoms with Crippen LogP contribution in [0.5, 0.6) is 11.5 Å². The van der Waals surface area contributed by atoms with E-state index in [1.165, 1.54) is 39.1 Å². The van der Waals surface area contributed by atoms with E-state index in [0.29, 0.717) is 19.8 Å². The van der Waals surface area contributed by atoms with Crippen molar-refractivity contribution < 1.29 is 19.0 Å². The summed E-state index contributed by atoms with van der Waals surface area (Å²) in [6.45, 7) is 15.5. The van der Waals surface area contributed by atoms with Crippen molar-refractivity contribution in [2.75, 3.05) is 19.8 Å². The Hall–Kier alpha value is -4.83. The number of rotatable bonds is 15. The molecule has 5 aromatic carbocycles. The SMILES string of the molecule is C=CC(=O)OCCCCCc1ccc(-c2c3ccc(OCC)cc3c(-c3ccc(C(=C)CC)cc3)c3ccc(OCC)cc23)cc1. The topological polar surface area (TPSA) is 44.8 Å². The third-order valence-electron chi connectivity index (χ3n) is 8.45.